The van der Waals surface area contributed by atoms with Crippen molar-refractivity contribution in [1.82, 2.24) is 10.2 Å². The van der Waals surface area contributed by atoms with Gasteiger partial charge in [0, 0.05) is 13.1 Å². The second-order valence-corrected chi connectivity index (χ2v) is 7.39. The molecule has 0 radical (unpaired) electrons. The highest BCUT2D eigenvalue weighted by Gasteiger charge is 2.41. The Balaban J connectivity index is 1.28. The number of piperidine rings is 1. The smallest absolute Gasteiger partial charge is 0.249 e. The van der Waals surface area contributed by atoms with Crippen LogP contribution in [0.3, 0.4) is 0 Å². The summed E-state index contributed by atoms with van der Waals surface area (Å²) in [6, 6.07) is 5.86. The standard InChI is InChI=1S/C18H22N2O3S/c21-18(19-9-15-2-1-6-22-15)16-8-14-3-5-20(11-17(14)23-16)10-13-4-7-24-12-13/h1-2,4,6-7,12,14,16-17H,3,5,8-11H2,(H,19,21)/t14-,16+,17+/m1/s1. The molecule has 2 fully saturated rings. The summed E-state index contributed by atoms with van der Waals surface area (Å²) in [5.74, 6) is 1.24. The van der Waals surface area contributed by atoms with Gasteiger partial charge in [0.2, 0.25) is 5.91 Å². The minimum Gasteiger partial charge on any atom is -0.467 e. The Morgan fingerprint density at radius 3 is 3.17 bits per heavy atom. The van der Waals surface area contributed by atoms with Gasteiger partial charge in [-0.15, -0.1) is 0 Å². The van der Waals surface area contributed by atoms with Gasteiger partial charge in [0.1, 0.15) is 11.9 Å². The highest BCUT2D eigenvalue weighted by Crippen LogP contribution is 2.33. The van der Waals surface area contributed by atoms with Crippen LogP contribution in [0.25, 0.3) is 0 Å². The van der Waals surface area contributed by atoms with Crippen LogP contribution in [0.15, 0.2) is 39.6 Å². The van der Waals surface area contributed by atoms with Gasteiger partial charge in [0.15, 0.2) is 0 Å². The molecule has 0 bridgehead atoms. The number of likely N-dealkylation sites (tertiary alicyclic amines) is 1. The van der Waals surface area contributed by atoms with Crippen molar-refractivity contribution in [3.05, 3.63) is 46.5 Å². The molecule has 0 unspecified atom stereocenters. The van der Waals surface area contributed by atoms with Crippen LogP contribution in [-0.2, 0) is 22.6 Å². The molecule has 2 aromatic heterocycles. The molecule has 128 valence electrons. The number of furan rings is 1. The molecule has 3 atom stereocenters. The van der Waals surface area contributed by atoms with Gasteiger partial charge in [-0.25, -0.2) is 0 Å². The summed E-state index contributed by atoms with van der Waals surface area (Å²) in [6.07, 6.45) is 3.41. The van der Waals surface area contributed by atoms with E-state index in [4.69, 9.17) is 9.15 Å². The van der Waals surface area contributed by atoms with E-state index in [0.717, 1.165) is 38.2 Å². The fourth-order valence-corrected chi connectivity index (χ4v) is 4.31. The van der Waals surface area contributed by atoms with Crippen molar-refractivity contribution in [2.75, 3.05) is 13.1 Å². The number of hydrogen-bond acceptors (Lipinski definition) is 5. The number of carbonyl (C=O) groups excluding carboxylic acids is 1. The summed E-state index contributed by atoms with van der Waals surface area (Å²) in [5, 5.41) is 7.23. The van der Waals surface area contributed by atoms with Gasteiger partial charge in [0.25, 0.3) is 0 Å². The molecule has 0 spiro atoms. The Bertz CT molecular complexity index is 656. The van der Waals surface area contributed by atoms with Crippen molar-refractivity contribution in [3.8, 4) is 0 Å². The number of nitrogens with one attached hydrogen (secondary N) is 1. The first-order chi connectivity index (χ1) is 11.8. The maximum absolute atomic E-state index is 12.3. The summed E-state index contributed by atoms with van der Waals surface area (Å²) >= 11 is 1.74. The highest BCUT2D eigenvalue weighted by molar-refractivity contribution is 7.07. The van der Waals surface area contributed by atoms with Gasteiger partial charge in [-0.2, -0.15) is 11.3 Å². The van der Waals surface area contributed by atoms with Crippen LogP contribution in [0, 0.1) is 5.92 Å². The number of hydrogen-bond donors (Lipinski definition) is 1. The number of nitrogens with zero attached hydrogens (tertiary/aromatic N) is 1. The molecule has 2 aliphatic rings. The number of ether oxygens (including phenoxy) is 1. The van der Waals surface area contributed by atoms with Gasteiger partial charge >= 0.3 is 0 Å². The quantitative estimate of drug-likeness (QED) is 0.904. The molecule has 2 aromatic rings. The molecular formula is C18H22N2O3S. The first-order valence-corrected chi connectivity index (χ1v) is 9.41. The van der Waals surface area contributed by atoms with Crippen LogP contribution < -0.4 is 5.32 Å². The molecule has 24 heavy (non-hydrogen) atoms. The van der Waals surface area contributed by atoms with E-state index in [0.29, 0.717) is 12.5 Å². The molecular weight excluding hydrogens is 324 g/mol. The Labute approximate surface area is 145 Å². The zero-order valence-corrected chi connectivity index (χ0v) is 14.3. The maximum atomic E-state index is 12.3. The lowest BCUT2D eigenvalue weighted by Gasteiger charge is -2.33. The monoisotopic (exact) mass is 346 g/mol. The molecule has 1 N–H and O–H groups in total. The molecule has 0 aliphatic carbocycles. The molecule has 1 amide bonds. The molecule has 0 saturated carbocycles. The van der Waals surface area contributed by atoms with Gasteiger partial charge in [0.05, 0.1) is 18.9 Å². The van der Waals surface area contributed by atoms with Crippen molar-refractivity contribution >= 4 is 17.2 Å². The molecule has 5 nitrogen and oxygen atoms in total. The number of fused-ring (bicyclic) bond motifs is 1. The van der Waals surface area contributed by atoms with E-state index in [1.54, 1.807) is 17.6 Å². The normalized spacial score (nSPS) is 27.1. The van der Waals surface area contributed by atoms with Crippen LogP contribution in [0.4, 0.5) is 0 Å². The lowest BCUT2D eigenvalue weighted by molar-refractivity contribution is -0.133. The summed E-state index contributed by atoms with van der Waals surface area (Å²) in [4.78, 5) is 14.8. The van der Waals surface area contributed by atoms with Crippen molar-refractivity contribution in [3.63, 3.8) is 0 Å². The van der Waals surface area contributed by atoms with Crippen molar-refractivity contribution in [2.45, 2.75) is 38.1 Å². The second kappa shape index (κ2) is 7.09. The average molecular weight is 346 g/mol. The molecule has 2 aliphatic heterocycles. The highest BCUT2D eigenvalue weighted by atomic mass is 32.1. The predicted molar refractivity (Wildman–Crippen MR) is 91.5 cm³/mol. The minimum atomic E-state index is -0.323. The third-order valence-electron chi connectivity index (χ3n) is 4.93. The van der Waals surface area contributed by atoms with Crippen LogP contribution in [-0.4, -0.2) is 36.1 Å². The lowest BCUT2D eigenvalue weighted by atomic mass is 9.91. The average Bonchev–Trinajstić information content (AvgIpc) is 3.33. The third kappa shape index (κ3) is 3.55. The van der Waals surface area contributed by atoms with Crippen molar-refractivity contribution in [2.24, 2.45) is 5.92 Å². The lowest BCUT2D eigenvalue weighted by Crippen LogP contribution is -2.42. The van der Waals surface area contributed by atoms with Gasteiger partial charge in [-0.1, -0.05) is 0 Å². The summed E-state index contributed by atoms with van der Waals surface area (Å²) < 4.78 is 11.3. The molecule has 6 heteroatoms. The summed E-state index contributed by atoms with van der Waals surface area (Å²) in [5.41, 5.74) is 1.36. The van der Waals surface area contributed by atoms with E-state index in [1.807, 2.05) is 12.1 Å². The van der Waals surface area contributed by atoms with Crippen LogP contribution in [0.1, 0.15) is 24.2 Å². The number of rotatable bonds is 5. The van der Waals surface area contributed by atoms with E-state index in [9.17, 15) is 4.79 Å². The van der Waals surface area contributed by atoms with E-state index in [1.165, 1.54) is 5.56 Å². The summed E-state index contributed by atoms with van der Waals surface area (Å²) in [7, 11) is 0. The Hall–Kier alpha value is -1.63. The first-order valence-electron chi connectivity index (χ1n) is 8.47. The zero-order valence-electron chi connectivity index (χ0n) is 13.5. The second-order valence-electron chi connectivity index (χ2n) is 6.61. The van der Waals surface area contributed by atoms with E-state index in [2.05, 4.69) is 27.0 Å². The molecule has 0 aromatic carbocycles. The fraction of sp³-hybridized carbons (Fsp3) is 0.500. The number of amides is 1. The van der Waals surface area contributed by atoms with Crippen LogP contribution >= 0.6 is 11.3 Å². The SMILES string of the molecule is O=C(NCc1ccco1)[C@@H]1C[C@H]2CCN(Cc3ccsc3)C[C@@H]2O1. The molecule has 2 saturated heterocycles. The van der Waals surface area contributed by atoms with Gasteiger partial charge < -0.3 is 14.5 Å². The van der Waals surface area contributed by atoms with Crippen LogP contribution in [0.5, 0.6) is 0 Å². The topological polar surface area (TPSA) is 54.7 Å². The minimum absolute atomic E-state index is 0.0230. The van der Waals surface area contributed by atoms with Gasteiger partial charge in [-0.05, 0) is 59.8 Å². The zero-order chi connectivity index (χ0) is 16.4. The van der Waals surface area contributed by atoms with Crippen molar-refractivity contribution < 1.29 is 13.9 Å². The summed E-state index contributed by atoms with van der Waals surface area (Å²) in [6.45, 7) is 3.40. The Morgan fingerprint density at radius 2 is 2.38 bits per heavy atom. The molecule has 4 rings (SSSR count). The van der Waals surface area contributed by atoms with Crippen molar-refractivity contribution in [1.29, 1.82) is 0 Å². The maximum Gasteiger partial charge on any atom is 0.249 e. The van der Waals surface area contributed by atoms with E-state index >= 15 is 0 Å². The Morgan fingerprint density at radius 1 is 1.42 bits per heavy atom. The Kier molecular flexibility index (Phi) is 4.69. The van der Waals surface area contributed by atoms with Crippen LogP contribution in [0.2, 0.25) is 0 Å². The largest absolute Gasteiger partial charge is 0.467 e. The van der Waals surface area contributed by atoms with E-state index < -0.39 is 0 Å². The predicted octanol–water partition coefficient (Wildman–Crippen LogP) is 2.64. The van der Waals surface area contributed by atoms with Gasteiger partial charge in [-0.3, -0.25) is 9.69 Å². The van der Waals surface area contributed by atoms with E-state index in [-0.39, 0.29) is 18.1 Å². The first kappa shape index (κ1) is 15.9. The number of carbonyl (C=O) groups is 1. The third-order valence-corrected chi connectivity index (χ3v) is 5.66. The molecule has 4 heterocycles. The number of thiophene rings is 1. The fourth-order valence-electron chi connectivity index (χ4n) is 3.65.